The molecule has 2 aromatic rings. The van der Waals surface area contributed by atoms with E-state index in [-0.39, 0.29) is 39.7 Å². The van der Waals surface area contributed by atoms with Crippen LogP contribution in [0, 0.1) is 11.3 Å². The molecule has 0 saturated heterocycles. The molecular weight excluding hydrogens is 301 g/mol. The molecule has 102 valence electrons. The Bertz CT molecular complexity index is 704. The van der Waals surface area contributed by atoms with Crippen LogP contribution >= 0.6 is 23.2 Å². The highest BCUT2D eigenvalue weighted by Crippen LogP contribution is 2.37. The van der Waals surface area contributed by atoms with Crippen LogP contribution in [0.1, 0.15) is 11.1 Å². The van der Waals surface area contributed by atoms with Crippen LogP contribution in [0.25, 0.3) is 11.3 Å². The Morgan fingerprint density at radius 3 is 2.30 bits per heavy atom. The average Bonchev–Trinajstić information content (AvgIpc) is 2.37. The Morgan fingerprint density at radius 2 is 1.80 bits per heavy atom. The number of aliphatic hydroxyl groups excluding tert-OH is 1. The largest absolute Gasteiger partial charge is 0.392 e. The minimum absolute atomic E-state index is 0.0414. The molecule has 5 N–H and O–H groups in total. The van der Waals surface area contributed by atoms with Gasteiger partial charge in [0.25, 0.3) is 0 Å². The molecule has 1 aromatic heterocycles. The third-order valence-corrected chi connectivity index (χ3v) is 3.18. The number of hydrogen-bond donors (Lipinski definition) is 3. The lowest BCUT2D eigenvalue weighted by Gasteiger charge is -2.11. The summed E-state index contributed by atoms with van der Waals surface area (Å²) >= 11 is 12.3. The maximum Gasteiger partial charge on any atom is 0.222 e. The third kappa shape index (κ3) is 2.47. The van der Waals surface area contributed by atoms with Gasteiger partial charge in [-0.25, -0.2) is 4.98 Å². The van der Waals surface area contributed by atoms with Crippen LogP contribution < -0.4 is 11.5 Å². The van der Waals surface area contributed by atoms with Gasteiger partial charge in [0.05, 0.1) is 22.3 Å². The fraction of sp³-hybridized carbons (Fsp3) is 0.0833. The zero-order chi connectivity index (χ0) is 14.9. The summed E-state index contributed by atoms with van der Waals surface area (Å²) < 4.78 is 0. The summed E-state index contributed by atoms with van der Waals surface area (Å²) in [6.45, 7) is -0.209. The number of rotatable bonds is 2. The first kappa shape index (κ1) is 14.3. The SMILES string of the molecule is N#Cc1c(N)nc(N)nc1-c1c(Cl)cc(CO)cc1Cl. The average molecular weight is 310 g/mol. The zero-order valence-electron chi connectivity index (χ0n) is 10.1. The first-order chi connectivity index (χ1) is 9.47. The third-order valence-electron chi connectivity index (χ3n) is 2.59. The maximum absolute atomic E-state index is 9.16. The van der Waals surface area contributed by atoms with Gasteiger partial charge in [-0.1, -0.05) is 23.2 Å². The van der Waals surface area contributed by atoms with E-state index in [4.69, 9.17) is 45.0 Å². The predicted molar refractivity (Wildman–Crippen MR) is 77.0 cm³/mol. The predicted octanol–water partition coefficient (Wildman–Crippen LogP) is 1.98. The Morgan fingerprint density at radius 1 is 1.20 bits per heavy atom. The van der Waals surface area contributed by atoms with Gasteiger partial charge in [-0.3, -0.25) is 0 Å². The van der Waals surface area contributed by atoms with Crippen LogP contribution in [0.4, 0.5) is 11.8 Å². The summed E-state index contributed by atoms with van der Waals surface area (Å²) in [7, 11) is 0. The van der Waals surface area contributed by atoms with Gasteiger partial charge in [-0.05, 0) is 17.7 Å². The first-order valence-electron chi connectivity index (χ1n) is 5.40. The van der Waals surface area contributed by atoms with Crippen LogP contribution in [-0.4, -0.2) is 15.1 Å². The summed E-state index contributed by atoms with van der Waals surface area (Å²) in [6.07, 6.45) is 0. The molecule has 0 saturated carbocycles. The van der Waals surface area contributed by atoms with Crippen molar-refractivity contribution in [3.63, 3.8) is 0 Å². The highest BCUT2D eigenvalue weighted by Gasteiger charge is 2.19. The van der Waals surface area contributed by atoms with Crippen molar-refractivity contribution in [2.45, 2.75) is 6.61 Å². The summed E-state index contributed by atoms with van der Waals surface area (Å²) in [5.74, 6) is -0.136. The molecule has 6 nitrogen and oxygen atoms in total. The number of aliphatic hydroxyl groups is 1. The van der Waals surface area contributed by atoms with E-state index in [1.807, 2.05) is 6.07 Å². The van der Waals surface area contributed by atoms with E-state index < -0.39 is 0 Å². The zero-order valence-corrected chi connectivity index (χ0v) is 11.6. The Kier molecular flexibility index (Phi) is 3.95. The molecule has 20 heavy (non-hydrogen) atoms. The molecule has 0 aliphatic carbocycles. The number of nitrogens with two attached hydrogens (primary N) is 2. The van der Waals surface area contributed by atoms with Crippen molar-refractivity contribution in [2.75, 3.05) is 11.5 Å². The number of nitrogens with zero attached hydrogens (tertiary/aromatic N) is 3. The lowest BCUT2D eigenvalue weighted by molar-refractivity contribution is 0.282. The van der Waals surface area contributed by atoms with Gasteiger partial charge in [0.15, 0.2) is 0 Å². The Labute approximate surface area is 124 Å². The summed E-state index contributed by atoms with van der Waals surface area (Å²) in [5.41, 5.74) is 12.3. The fourth-order valence-corrected chi connectivity index (χ4v) is 2.44. The summed E-state index contributed by atoms with van der Waals surface area (Å²) in [5, 5.41) is 18.7. The molecule has 0 fully saturated rings. The Balaban J connectivity index is 2.79. The number of hydrogen-bond acceptors (Lipinski definition) is 6. The standard InChI is InChI=1S/C12H9Cl2N5O/c13-7-1-5(4-20)2-8(14)9(7)10-6(3-15)11(16)19-12(17)18-10/h1-2,20H,4H2,(H4,16,17,18,19). The molecular formula is C12H9Cl2N5O. The quantitative estimate of drug-likeness (QED) is 0.779. The topological polar surface area (TPSA) is 122 Å². The monoisotopic (exact) mass is 309 g/mol. The summed E-state index contributed by atoms with van der Waals surface area (Å²) in [6, 6.07) is 4.95. The van der Waals surface area contributed by atoms with Gasteiger partial charge in [-0.15, -0.1) is 0 Å². The minimum atomic E-state index is -0.209. The second kappa shape index (κ2) is 5.51. The highest BCUT2D eigenvalue weighted by molar-refractivity contribution is 6.39. The molecule has 0 bridgehead atoms. The van der Waals surface area contributed by atoms with Gasteiger partial charge >= 0.3 is 0 Å². The molecule has 0 amide bonds. The lowest BCUT2D eigenvalue weighted by atomic mass is 10.0. The van der Waals surface area contributed by atoms with E-state index in [9.17, 15) is 0 Å². The van der Waals surface area contributed by atoms with Gasteiger partial charge in [0.1, 0.15) is 17.5 Å². The van der Waals surface area contributed by atoms with E-state index >= 15 is 0 Å². The molecule has 8 heteroatoms. The van der Waals surface area contributed by atoms with Crippen molar-refractivity contribution in [3.8, 4) is 17.3 Å². The maximum atomic E-state index is 9.16. The smallest absolute Gasteiger partial charge is 0.222 e. The molecule has 0 spiro atoms. The van der Waals surface area contributed by atoms with Gasteiger partial charge in [0, 0.05) is 5.56 Å². The Hall–Kier alpha value is -2.07. The van der Waals surface area contributed by atoms with Crippen LogP contribution in [0.5, 0.6) is 0 Å². The van der Waals surface area contributed by atoms with Crippen molar-refractivity contribution in [1.29, 1.82) is 5.26 Å². The molecule has 0 aliphatic rings. The molecule has 0 aliphatic heterocycles. The molecule has 2 rings (SSSR count). The number of nitriles is 1. The van der Waals surface area contributed by atoms with Crippen molar-refractivity contribution >= 4 is 35.0 Å². The number of benzene rings is 1. The van der Waals surface area contributed by atoms with Crippen LogP contribution in [0.3, 0.4) is 0 Å². The minimum Gasteiger partial charge on any atom is -0.392 e. The van der Waals surface area contributed by atoms with Crippen LogP contribution in [-0.2, 0) is 6.61 Å². The van der Waals surface area contributed by atoms with Crippen LogP contribution in [0.2, 0.25) is 10.0 Å². The molecule has 0 unspecified atom stereocenters. The van der Waals surface area contributed by atoms with Gasteiger partial charge < -0.3 is 16.6 Å². The second-order valence-corrected chi connectivity index (χ2v) is 4.71. The molecule has 0 radical (unpaired) electrons. The van der Waals surface area contributed by atoms with Gasteiger partial charge in [0.2, 0.25) is 5.95 Å². The normalized spacial score (nSPS) is 10.3. The fourth-order valence-electron chi connectivity index (χ4n) is 1.73. The van der Waals surface area contributed by atoms with Gasteiger partial charge in [-0.2, -0.15) is 10.2 Å². The number of aromatic nitrogens is 2. The van der Waals surface area contributed by atoms with Crippen molar-refractivity contribution < 1.29 is 5.11 Å². The van der Waals surface area contributed by atoms with Crippen molar-refractivity contribution in [3.05, 3.63) is 33.3 Å². The molecule has 0 atom stereocenters. The molecule has 1 aromatic carbocycles. The van der Waals surface area contributed by atoms with Crippen LogP contribution in [0.15, 0.2) is 12.1 Å². The van der Waals surface area contributed by atoms with Crippen molar-refractivity contribution in [1.82, 2.24) is 9.97 Å². The highest BCUT2D eigenvalue weighted by atomic mass is 35.5. The number of anilines is 2. The van der Waals surface area contributed by atoms with E-state index in [0.29, 0.717) is 11.1 Å². The number of nitrogen functional groups attached to an aromatic ring is 2. The molecule has 1 heterocycles. The lowest BCUT2D eigenvalue weighted by Crippen LogP contribution is -2.05. The van der Waals surface area contributed by atoms with E-state index in [0.717, 1.165) is 0 Å². The van der Waals surface area contributed by atoms with Crippen molar-refractivity contribution in [2.24, 2.45) is 0 Å². The second-order valence-electron chi connectivity index (χ2n) is 3.90. The number of halogens is 2. The first-order valence-corrected chi connectivity index (χ1v) is 6.15. The summed E-state index contributed by atoms with van der Waals surface area (Å²) in [4.78, 5) is 7.70. The van der Waals surface area contributed by atoms with E-state index in [1.54, 1.807) is 0 Å². The van der Waals surface area contributed by atoms with E-state index in [2.05, 4.69) is 9.97 Å². The van der Waals surface area contributed by atoms with E-state index in [1.165, 1.54) is 12.1 Å².